The van der Waals surface area contributed by atoms with Gasteiger partial charge in [0.1, 0.15) is 6.10 Å². The van der Waals surface area contributed by atoms with Crippen LogP contribution in [0.15, 0.2) is 90.0 Å². The summed E-state index contributed by atoms with van der Waals surface area (Å²) in [5.41, 5.74) is 2.51. The molecule has 1 heterocycles. The Labute approximate surface area is 186 Å². The smallest absolute Gasteiger partial charge is 0.297 e. The van der Waals surface area contributed by atoms with Crippen molar-refractivity contribution in [1.29, 1.82) is 0 Å². The molecule has 7 heteroatoms. The molecule has 0 saturated carbocycles. The summed E-state index contributed by atoms with van der Waals surface area (Å²) in [5, 5.41) is 12.6. The van der Waals surface area contributed by atoms with E-state index in [0.717, 1.165) is 16.5 Å². The quantitative estimate of drug-likeness (QED) is 0.400. The Kier molecular flexibility index (Phi) is 6.16. The number of aliphatic hydroxyl groups is 1. The zero-order valence-electron chi connectivity index (χ0n) is 16.9. The van der Waals surface area contributed by atoms with E-state index in [4.69, 9.17) is 15.8 Å². The van der Waals surface area contributed by atoms with Gasteiger partial charge < -0.3 is 9.67 Å². The number of nitrogens with zero attached hydrogens (tertiary/aromatic N) is 1. The Morgan fingerprint density at radius 1 is 0.968 bits per heavy atom. The van der Waals surface area contributed by atoms with Crippen LogP contribution in [0.25, 0.3) is 10.9 Å². The van der Waals surface area contributed by atoms with Crippen LogP contribution < -0.4 is 0 Å². The molecular weight excluding hydrogens is 434 g/mol. The topological polar surface area (TPSA) is 68.5 Å². The fraction of sp³-hybridized carbons (Fsp3) is 0.167. The molecule has 1 aromatic heterocycles. The summed E-state index contributed by atoms with van der Waals surface area (Å²) in [5.74, 6) is 0. The van der Waals surface area contributed by atoms with Gasteiger partial charge in [-0.1, -0.05) is 65.7 Å². The molecule has 4 aromatic rings. The highest BCUT2D eigenvalue weighted by Gasteiger charge is 2.28. The van der Waals surface area contributed by atoms with E-state index in [2.05, 4.69) is 0 Å². The van der Waals surface area contributed by atoms with E-state index in [1.807, 2.05) is 60.2 Å². The molecule has 3 aromatic carbocycles. The molecule has 2 atom stereocenters. The monoisotopic (exact) mass is 455 g/mol. The van der Waals surface area contributed by atoms with E-state index in [1.165, 1.54) is 12.1 Å². The highest BCUT2D eigenvalue weighted by Crippen LogP contribution is 2.32. The van der Waals surface area contributed by atoms with Crippen LogP contribution in [-0.2, 0) is 14.3 Å². The maximum atomic E-state index is 12.6. The fourth-order valence-electron chi connectivity index (χ4n) is 3.63. The summed E-state index contributed by atoms with van der Waals surface area (Å²) in [6.45, 7) is 1.45. The SMILES string of the molecule is Cc1ccc(S(=O)(=O)OC[C@@H](O)[C@H](c2ccccc2Cl)n2ccc3ccccc32)cc1. The van der Waals surface area contributed by atoms with Crippen molar-refractivity contribution in [2.75, 3.05) is 6.61 Å². The number of fused-ring (bicyclic) bond motifs is 1. The van der Waals surface area contributed by atoms with Crippen LogP contribution in [0.3, 0.4) is 0 Å². The molecule has 4 rings (SSSR count). The molecule has 0 fully saturated rings. The highest BCUT2D eigenvalue weighted by atomic mass is 35.5. The van der Waals surface area contributed by atoms with Crippen LogP contribution >= 0.6 is 11.6 Å². The van der Waals surface area contributed by atoms with Crippen molar-refractivity contribution >= 4 is 32.6 Å². The van der Waals surface area contributed by atoms with Crippen molar-refractivity contribution < 1.29 is 17.7 Å². The van der Waals surface area contributed by atoms with Gasteiger partial charge in [-0.05, 0) is 48.2 Å². The molecule has 0 aliphatic rings. The summed E-state index contributed by atoms with van der Waals surface area (Å²) in [6.07, 6.45) is 0.687. The first-order chi connectivity index (χ1) is 14.9. The van der Waals surface area contributed by atoms with Gasteiger partial charge in [0, 0.05) is 16.7 Å². The fourth-order valence-corrected chi connectivity index (χ4v) is 4.80. The second kappa shape index (κ2) is 8.85. The molecule has 0 saturated heterocycles. The Morgan fingerprint density at radius 2 is 1.65 bits per heavy atom. The van der Waals surface area contributed by atoms with Gasteiger partial charge in [0.2, 0.25) is 0 Å². The van der Waals surface area contributed by atoms with Crippen LogP contribution in [-0.4, -0.2) is 30.8 Å². The minimum atomic E-state index is -4.01. The largest absolute Gasteiger partial charge is 0.388 e. The lowest BCUT2D eigenvalue weighted by Crippen LogP contribution is -2.30. The second-order valence-electron chi connectivity index (χ2n) is 7.37. The van der Waals surface area contributed by atoms with E-state index in [0.29, 0.717) is 10.6 Å². The lowest BCUT2D eigenvalue weighted by atomic mass is 10.0. The lowest BCUT2D eigenvalue weighted by Gasteiger charge is -2.26. The van der Waals surface area contributed by atoms with Gasteiger partial charge in [-0.3, -0.25) is 4.18 Å². The molecule has 5 nitrogen and oxygen atoms in total. The number of hydrogen-bond donors (Lipinski definition) is 1. The van der Waals surface area contributed by atoms with E-state index < -0.39 is 28.9 Å². The average molecular weight is 456 g/mol. The molecule has 0 aliphatic carbocycles. The Bertz CT molecular complexity index is 1300. The summed E-state index contributed by atoms with van der Waals surface area (Å²) < 4.78 is 32.3. The van der Waals surface area contributed by atoms with Gasteiger partial charge in [-0.25, -0.2) is 0 Å². The van der Waals surface area contributed by atoms with Gasteiger partial charge in [0.05, 0.1) is 17.5 Å². The minimum absolute atomic E-state index is 0.0472. The highest BCUT2D eigenvalue weighted by molar-refractivity contribution is 7.86. The molecule has 160 valence electrons. The third-order valence-corrected chi connectivity index (χ3v) is 6.86. The lowest BCUT2D eigenvalue weighted by molar-refractivity contribution is 0.0785. The number of para-hydroxylation sites is 1. The van der Waals surface area contributed by atoms with Crippen LogP contribution in [0.1, 0.15) is 17.2 Å². The van der Waals surface area contributed by atoms with Crippen LogP contribution in [0.4, 0.5) is 0 Å². The van der Waals surface area contributed by atoms with Crippen molar-refractivity contribution in [2.45, 2.75) is 24.0 Å². The van der Waals surface area contributed by atoms with E-state index in [9.17, 15) is 13.5 Å². The Hall–Kier alpha value is -2.64. The van der Waals surface area contributed by atoms with Crippen molar-refractivity contribution in [2.24, 2.45) is 0 Å². The predicted molar refractivity (Wildman–Crippen MR) is 122 cm³/mol. The number of aromatic nitrogens is 1. The zero-order valence-corrected chi connectivity index (χ0v) is 18.4. The van der Waals surface area contributed by atoms with Crippen molar-refractivity contribution in [1.82, 2.24) is 4.57 Å². The minimum Gasteiger partial charge on any atom is -0.388 e. The van der Waals surface area contributed by atoms with E-state index in [-0.39, 0.29) is 4.90 Å². The van der Waals surface area contributed by atoms with Crippen molar-refractivity contribution in [3.63, 3.8) is 0 Å². The van der Waals surface area contributed by atoms with Crippen molar-refractivity contribution in [3.8, 4) is 0 Å². The molecule has 0 amide bonds. The number of hydrogen-bond acceptors (Lipinski definition) is 4. The van der Waals surface area contributed by atoms with E-state index in [1.54, 1.807) is 24.3 Å². The maximum absolute atomic E-state index is 12.6. The van der Waals surface area contributed by atoms with Crippen LogP contribution in [0.5, 0.6) is 0 Å². The average Bonchev–Trinajstić information content (AvgIpc) is 3.18. The first-order valence-electron chi connectivity index (χ1n) is 9.81. The summed E-state index contributed by atoms with van der Waals surface area (Å²) >= 11 is 6.45. The summed E-state index contributed by atoms with van der Waals surface area (Å²) in [7, 11) is -4.01. The first-order valence-corrected chi connectivity index (χ1v) is 11.6. The van der Waals surface area contributed by atoms with Gasteiger partial charge in [-0.15, -0.1) is 0 Å². The molecule has 31 heavy (non-hydrogen) atoms. The molecule has 0 bridgehead atoms. The van der Waals surface area contributed by atoms with E-state index >= 15 is 0 Å². The van der Waals surface area contributed by atoms with Gasteiger partial charge in [0.25, 0.3) is 10.1 Å². The second-order valence-corrected chi connectivity index (χ2v) is 9.39. The van der Waals surface area contributed by atoms with Gasteiger partial charge in [0.15, 0.2) is 0 Å². The molecule has 0 aliphatic heterocycles. The normalized spacial score (nSPS) is 13.9. The number of halogens is 1. The molecule has 0 unspecified atom stereocenters. The summed E-state index contributed by atoms with van der Waals surface area (Å²) in [6, 6.07) is 22.6. The third kappa shape index (κ3) is 4.52. The number of aliphatic hydroxyl groups excluding tert-OH is 1. The molecule has 1 N–H and O–H groups in total. The van der Waals surface area contributed by atoms with Gasteiger partial charge in [-0.2, -0.15) is 8.42 Å². The standard InChI is InChI=1S/C24H22ClNO4S/c1-17-10-12-19(13-11-17)31(28,29)30-16-23(27)24(20-7-3-4-8-21(20)25)26-15-14-18-6-2-5-9-22(18)26/h2-15,23-24,27H,16H2,1H3/t23-,24+/m1/s1. The Balaban J connectivity index is 1.67. The first kappa shape index (κ1) is 21.6. The third-order valence-electron chi connectivity index (χ3n) is 5.22. The zero-order chi connectivity index (χ0) is 22.0. The number of benzene rings is 3. The molecule has 0 spiro atoms. The van der Waals surface area contributed by atoms with Crippen LogP contribution in [0, 0.1) is 6.92 Å². The Morgan fingerprint density at radius 3 is 2.39 bits per heavy atom. The maximum Gasteiger partial charge on any atom is 0.297 e. The number of aryl methyl sites for hydroxylation is 1. The number of rotatable bonds is 7. The van der Waals surface area contributed by atoms with Crippen molar-refractivity contribution in [3.05, 3.63) is 101 Å². The molecule has 0 radical (unpaired) electrons. The summed E-state index contributed by atoms with van der Waals surface area (Å²) in [4.78, 5) is 0.0472. The predicted octanol–water partition coefficient (Wildman–Crippen LogP) is 4.96. The van der Waals surface area contributed by atoms with Gasteiger partial charge >= 0.3 is 0 Å². The van der Waals surface area contributed by atoms with Crippen LogP contribution in [0.2, 0.25) is 5.02 Å². The molecular formula is C24H22ClNO4S.